The molecule has 0 spiro atoms. The molecule has 160 valence electrons. The molecule has 0 amide bonds. The Hall–Kier alpha value is -2.62. The lowest BCUT2D eigenvalue weighted by Crippen LogP contribution is -2.38. The van der Waals surface area contributed by atoms with Crippen LogP contribution in [0.4, 0.5) is 4.39 Å². The van der Waals surface area contributed by atoms with Gasteiger partial charge in [-0.1, -0.05) is 12.1 Å². The number of esters is 1. The van der Waals surface area contributed by atoms with Crippen LogP contribution in [0.2, 0.25) is 0 Å². The van der Waals surface area contributed by atoms with E-state index in [9.17, 15) is 9.18 Å². The van der Waals surface area contributed by atoms with E-state index in [1.54, 1.807) is 18.2 Å². The number of benzene rings is 2. The summed E-state index contributed by atoms with van der Waals surface area (Å²) >= 11 is 0. The molecule has 30 heavy (non-hydrogen) atoms. The Bertz CT molecular complexity index is 1000. The maximum atomic E-state index is 13.3. The molecule has 8 heteroatoms. The van der Waals surface area contributed by atoms with E-state index in [0.29, 0.717) is 18.7 Å². The van der Waals surface area contributed by atoms with Crippen molar-refractivity contribution in [3.8, 4) is 0 Å². The highest BCUT2D eigenvalue weighted by atomic mass is 127. The van der Waals surface area contributed by atoms with Gasteiger partial charge in [0.1, 0.15) is 5.82 Å². The van der Waals surface area contributed by atoms with Crippen molar-refractivity contribution in [2.75, 3.05) is 20.2 Å². The van der Waals surface area contributed by atoms with Gasteiger partial charge in [-0.3, -0.25) is 0 Å². The van der Waals surface area contributed by atoms with Gasteiger partial charge >= 0.3 is 5.97 Å². The van der Waals surface area contributed by atoms with Crippen LogP contribution in [-0.2, 0) is 17.7 Å². The molecular weight excluding hydrogens is 498 g/mol. The summed E-state index contributed by atoms with van der Waals surface area (Å²) in [6.45, 7) is 3.94. The summed E-state index contributed by atoms with van der Waals surface area (Å²) in [5.74, 6) is 0.121. The van der Waals surface area contributed by atoms with Gasteiger partial charge in [-0.25, -0.2) is 14.2 Å². The van der Waals surface area contributed by atoms with Crippen LogP contribution < -0.4 is 10.6 Å². The third-order valence-electron chi connectivity index (χ3n) is 4.56. The third kappa shape index (κ3) is 6.19. The molecule has 6 nitrogen and oxygen atoms in total. The summed E-state index contributed by atoms with van der Waals surface area (Å²) in [5.41, 5.74) is 3.44. The number of nitrogens with one attached hydrogen (secondary N) is 3. The summed E-state index contributed by atoms with van der Waals surface area (Å²) in [7, 11) is 1.36. The zero-order chi connectivity index (χ0) is 20.6. The van der Waals surface area contributed by atoms with Crippen LogP contribution in [0.15, 0.2) is 53.7 Å². The van der Waals surface area contributed by atoms with E-state index in [-0.39, 0.29) is 35.8 Å². The smallest absolute Gasteiger partial charge is 0.337 e. The minimum absolute atomic E-state index is 0. The van der Waals surface area contributed by atoms with E-state index >= 15 is 0 Å². The Morgan fingerprint density at radius 3 is 2.63 bits per heavy atom. The summed E-state index contributed by atoms with van der Waals surface area (Å²) < 4.78 is 18.0. The van der Waals surface area contributed by atoms with Crippen LogP contribution in [0.3, 0.4) is 0 Å². The van der Waals surface area contributed by atoms with Crippen LogP contribution >= 0.6 is 24.0 Å². The van der Waals surface area contributed by atoms with E-state index in [2.05, 4.69) is 20.6 Å². The molecule has 0 unspecified atom stereocenters. The molecule has 0 aliphatic heterocycles. The fourth-order valence-electron chi connectivity index (χ4n) is 3.06. The average Bonchev–Trinajstić information content (AvgIpc) is 3.13. The highest BCUT2D eigenvalue weighted by molar-refractivity contribution is 14.0. The molecule has 0 aliphatic carbocycles. The molecule has 3 aromatic rings. The zero-order valence-electron chi connectivity index (χ0n) is 17.0. The first kappa shape index (κ1) is 23.7. The minimum Gasteiger partial charge on any atom is -0.465 e. The number of aliphatic imine (C=N–C) groups is 1. The number of guanidine groups is 1. The Morgan fingerprint density at radius 1 is 1.17 bits per heavy atom. The molecule has 1 aromatic heterocycles. The van der Waals surface area contributed by atoms with Crippen molar-refractivity contribution in [3.05, 3.63) is 71.2 Å². The second kappa shape index (κ2) is 11.5. The molecule has 0 radical (unpaired) electrons. The summed E-state index contributed by atoms with van der Waals surface area (Å²) in [5, 5.41) is 7.57. The predicted octanol–water partition coefficient (Wildman–Crippen LogP) is 4.01. The Labute approximate surface area is 192 Å². The Morgan fingerprint density at radius 2 is 1.93 bits per heavy atom. The van der Waals surface area contributed by atoms with Crippen molar-refractivity contribution < 1.29 is 13.9 Å². The second-order valence-electron chi connectivity index (χ2n) is 6.56. The topological polar surface area (TPSA) is 78.5 Å². The van der Waals surface area contributed by atoms with Gasteiger partial charge in [-0.2, -0.15) is 0 Å². The van der Waals surface area contributed by atoms with Crippen LogP contribution in [0.5, 0.6) is 0 Å². The van der Waals surface area contributed by atoms with Gasteiger partial charge in [0.15, 0.2) is 5.96 Å². The average molecular weight is 524 g/mol. The van der Waals surface area contributed by atoms with Crippen molar-refractivity contribution in [3.63, 3.8) is 0 Å². The van der Waals surface area contributed by atoms with Crippen LogP contribution in [-0.4, -0.2) is 37.1 Å². The fourth-order valence-corrected chi connectivity index (χ4v) is 3.06. The molecule has 0 saturated heterocycles. The van der Waals surface area contributed by atoms with Crippen molar-refractivity contribution in [2.24, 2.45) is 4.99 Å². The first-order chi connectivity index (χ1) is 14.1. The number of hydrogen-bond acceptors (Lipinski definition) is 3. The van der Waals surface area contributed by atoms with Gasteiger partial charge in [0.25, 0.3) is 0 Å². The Balaban J connectivity index is 0.00000320. The maximum absolute atomic E-state index is 13.3. The monoisotopic (exact) mass is 524 g/mol. The number of H-pyrrole nitrogens is 1. The highest BCUT2D eigenvalue weighted by Gasteiger charge is 2.06. The van der Waals surface area contributed by atoms with Crippen molar-refractivity contribution in [2.45, 2.75) is 19.9 Å². The largest absolute Gasteiger partial charge is 0.465 e. The number of aromatic amines is 1. The number of fused-ring (bicyclic) bond motifs is 1. The first-order valence-electron chi connectivity index (χ1n) is 9.55. The SMILES string of the molecule is CCNC(=NCc1ccc(C(=O)OC)cc1)NCCc1c[nH]c2cc(F)ccc12.I. The van der Waals surface area contributed by atoms with Gasteiger partial charge in [-0.05, 0) is 54.8 Å². The number of methoxy groups -OCH3 is 1. The summed E-state index contributed by atoms with van der Waals surface area (Å²) in [6, 6.07) is 12.0. The summed E-state index contributed by atoms with van der Waals surface area (Å²) in [6.07, 6.45) is 2.70. The minimum atomic E-state index is -0.352. The fraction of sp³-hybridized carbons (Fsp3) is 0.273. The number of carbonyl (C=O) groups is 1. The van der Waals surface area contributed by atoms with Crippen LogP contribution in [0.1, 0.15) is 28.4 Å². The lowest BCUT2D eigenvalue weighted by Gasteiger charge is -2.11. The molecule has 3 rings (SSSR count). The first-order valence-corrected chi connectivity index (χ1v) is 9.55. The van der Waals surface area contributed by atoms with Crippen LogP contribution in [0.25, 0.3) is 10.9 Å². The molecule has 2 aromatic carbocycles. The van der Waals surface area contributed by atoms with Gasteiger partial charge in [0, 0.05) is 30.2 Å². The quantitative estimate of drug-likeness (QED) is 0.189. The molecule has 3 N–H and O–H groups in total. The Kier molecular flexibility index (Phi) is 9.10. The van der Waals surface area contributed by atoms with E-state index in [1.165, 1.54) is 19.2 Å². The molecule has 0 atom stereocenters. The standard InChI is InChI=1S/C22H25FN4O2.HI/c1-3-24-22(27-13-15-4-6-16(7-5-15)21(28)29-2)25-11-10-17-14-26-20-12-18(23)8-9-19(17)20;/h4-9,12,14,26H,3,10-11,13H2,1-2H3,(H2,24,25,27);1H. The number of nitrogens with zero attached hydrogens (tertiary/aromatic N) is 1. The molecule has 0 saturated carbocycles. The van der Waals surface area contributed by atoms with Gasteiger partial charge in [-0.15, -0.1) is 24.0 Å². The summed E-state index contributed by atoms with van der Waals surface area (Å²) in [4.78, 5) is 19.2. The molecule has 0 bridgehead atoms. The number of rotatable bonds is 7. The molecule has 0 fully saturated rings. The maximum Gasteiger partial charge on any atom is 0.337 e. The number of halogens is 2. The molecule has 1 heterocycles. The van der Waals surface area contributed by atoms with Gasteiger partial charge < -0.3 is 20.4 Å². The number of ether oxygens (including phenoxy) is 1. The van der Waals surface area contributed by atoms with Gasteiger partial charge in [0.05, 0.1) is 19.2 Å². The van der Waals surface area contributed by atoms with Crippen molar-refractivity contribution in [1.82, 2.24) is 15.6 Å². The molecule has 0 aliphatic rings. The van der Waals surface area contributed by atoms with E-state index in [4.69, 9.17) is 4.74 Å². The van der Waals surface area contributed by atoms with E-state index < -0.39 is 0 Å². The third-order valence-corrected chi connectivity index (χ3v) is 4.56. The zero-order valence-corrected chi connectivity index (χ0v) is 19.3. The highest BCUT2D eigenvalue weighted by Crippen LogP contribution is 2.19. The van der Waals surface area contributed by atoms with Crippen molar-refractivity contribution >= 4 is 46.8 Å². The normalized spacial score (nSPS) is 11.1. The predicted molar refractivity (Wildman–Crippen MR) is 128 cm³/mol. The number of carbonyl (C=O) groups excluding carboxylic acids is 1. The van der Waals surface area contributed by atoms with E-state index in [1.807, 2.05) is 25.3 Å². The number of hydrogen-bond donors (Lipinski definition) is 3. The molecular formula is C22H26FIN4O2. The van der Waals surface area contributed by atoms with Gasteiger partial charge in [0.2, 0.25) is 0 Å². The van der Waals surface area contributed by atoms with E-state index in [0.717, 1.165) is 41.0 Å². The lowest BCUT2D eigenvalue weighted by atomic mass is 10.1. The lowest BCUT2D eigenvalue weighted by molar-refractivity contribution is 0.0600. The van der Waals surface area contributed by atoms with Crippen molar-refractivity contribution in [1.29, 1.82) is 0 Å². The van der Waals surface area contributed by atoms with Crippen LogP contribution in [0, 0.1) is 5.82 Å². The second-order valence-corrected chi connectivity index (χ2v) is 6.56. The number of aromatic nitrogens is 1.